The summed E-state index contributed by atoms with van der Waals surface area (Å²) in [6, 6.07) is 4.29. The number of carbonyl (C=O) groups excluding carboxylic acids is 1. The number of halogens is 2. The minimum absolute atomic E-state index is 0.177. The number of likely N-dealkylation sites (N-methyl/N-ethyl adjacent to an activating group) is 1. The fourth-order valence-corrected chi connectivity index (χ4v) is 5.74. The predicted octanol–water partition coefficient (Wildman–Crippen LogP) is 2.45. The van der Waals surface area contributed by atoms with Crippen LogP contribution in [0.15, 0.2) is 32.0 Å². The number of carbonyl (C=O) groups is 1. The maximum absolute atomic E-state index is 12.8. The van der Waals surface area contributed by atoms with Crippen LogP contribution in [0.1, 0.15) is 12.8 Å². The lowest BCUT2D eigenvalue weighted by molar-refractivity contribution is -0.132. The fraction of sp³-hybridized carbons (Fsp3) is 0.462. The lowest BCUT2D eigenvalue weighted by Crippen LogP contribution is -2.45. The van der Waals surface area contributed by atoms with E-state index in [1.807, 2.05) is 0 Å². The molecule has 1 atom stereocenters. The lowest BCUT2D eigenvalue weighted by atomic mass is 10.2. The van der Waals surface area contributed by atoms with Gasteiger partial charge < -0.3 is 4.90 Å². The second kappa shape index (κ2) is 6.36. The molecule has 0 saturated carbocycles. The van der Waals surface area contributed by atoms with Crippen molar-refractivity contribution in [2.24, 2.45) is 0 Å². The van der Waals surface area contributed by atoms with E-state index in [1.165, 1.54) is 9.21 Å². The SMILES string of the molecule is CN(C)C(=O)C1CCCN1S(=O)(=O)c1ccc(Br)cc1Br. The number of nitrogens with zero attached hydrogens (tertiary/aromatic N) is 2. The fourth-order valence-electron chi connectivity index (χ4n) is 2.38. The normalized spacial score (nSPS) is 19.7. The molecule has 2 rings (SSSR count). The van der Waals surface area contributed by atoms with Crippen LogP contribution >= 0.6 is 31.9 Å². The summed E-state index contributed by atoms with van der Waals surface area (Å²) in [5, 5.41) is 0. The van der Waals surface area contributed by atoms with E-state index < -0.39 is 16.1 Å². The highest BCUT2D eigenvalue weighted by Crippen LogP contribution is 2.32. The third-order valence-electron chi connectivity index (χ3n) is 3.41. The molecule has 1 aromatic carbocycles. The van der Waals surface area contributed by atoms with Crippen LogP contribution < -0.4 is 0 Å². The molecule has 0 N–H and O–H groups in total. The first kappa shape index (κ1) is 16.9. The number of hydrogen-bond acceptors (Lipinski definition) is 3. The van der Waals surface area contributed by atoms with Gasteiger partial charge in [0.1, 0.15) is 6.04 Å². The van der Waals surface area contributed by atoms with Crippen molar-refractivity contribution in [1.82, 2.24) is 9.21 Å². The van der Waals surface area contributed by atoms with Gasteiger partial charge in [-0.2, -0.15) is 4.31 Å². The molecule has 1 unspecified atom stereocenters. The van der Waals surface area contributed by atoms with Gasteiger partial charge in [0.25, 0.3) is 0 Å². The first-order valence-corrected chi connectivity index (χ1v) is 9.46. The Kier molecular flexibility index (Phi) is 5.12. The van der Waals surface area contributed by atoms with E-state index in [2.05, 4.69) is 31.9 Å². The van der Waals surface area contributed by atoms with Crippen molar-refractivity contribution in [3.05, 3.63) is 27.1 Å². The quantitative estimate of drug-likeness (QED) is 0.726. The van der Waals surface area contributed by atoms with Crippen LogP contribution in [0.5, 0.6) is 0 Å². The molecule has 0 radical (unpaired) electrons. The van der Waals surface area contributed by atoms with E-state index in [0.717, 1.165) is 4.47 Å². The highest BCUT2D eigenvalue weighted by molar-refractivity contribution is 9.11. The molecular formula is C13H16Br2N2O3S. The van der Waals surface area contributed by atoms with Gasteiger partial charge in [-0.05, 0) is 47.0 Å². The number of hydrogen-bond donors (Lipinski definition) is 0. The Morgan fingerprint density at radius 2 is 2.00 bits per heavy atom. The number of amides is 1. The molecule has 0 aliphatic carbocycles. The van der Waals surface area contributed by atoms with Crippen LogP contribution in [0.3, 0.4) is 0 Å². The van der Waals surface area contributed by atoms with Crippen LogP contribution in [0.25, 0.3) is 0 Å². The highest BCUT2D eigenvalue weighted by atomic mass is 79.9. The minimum atomic E-state index is -3.70. The van der Waals surface area contributed by atoms with Gasteiger partial charge in [-0.15, -0.1) is 0 Å². The maximum Gasteiger partial charge on any atom is 0.244 e. The zero-order valence-corrected chi connectivity index (χ0v) is 15.7. The molecule has 1 aromatic rings. The van der Waals surface area contributed by atoms with E-state index in [0.29, 0.717) is 23.9 Å². The molecule has 8 heteroatoms. The minimum Gasteiger partial charge on any atom is -0.347 e. The van der Waals surface area contributed by atoms with Gasteiger partial charge in [0.05, 0.1) is 4.90 Å². The van der Waals surface area contributed by atoms with Crippen LogP contribution in [0, 0.1) is 0 Å². The van der Waals surface area contributed by atoms with Gasteiger partial charge in [0.2, 0.25) is 15.9 Å². The van der Waals surface area contributed by atoms with Crippen molar-refractivity contribution < 1.29 is 13.2 Å². The molecule has 5 nitrogen and oxygen atoms in total. The Morgan fingerprint density at radius 1 is 1.33 bits per heavy atom. The molecule has 1 fully saturated rings. The van der Waals surface area contributed by atoms with E-state index in [4.69, 9.17) is 0 Å². The second-order valence-corrected chi connectivity index (χ2v) is 8.71. The third kappa shape index (κ3) is 3.33. The molecular weight excluding hydrogens is 424 g/mol. The zero-order chi connectivity index (χ0) is 15.8. The summed E-state index contributed by atoms with van der Waals surface area (Å²) < 4.78 is 28.2. The lowest BCUT2D eigenvalue weighted by Gasteiger charge is -2.26. The Hall–Kier alpha value is -0.440. The van der Waals surface area contributed by atoms with Gasteiger partial charge in [0, 0.05) is 29.6 Å². The van der Waals surface area contributed by atoms with Crippen LogP contribution in [-0.4, -0.2) is 50.2 Å². The van der Waals surface area contributed by atoms with Crippen molar-refractivity contribution in [1.29, 1.82) is 0 Å². The summed E-state index contributed by atoms with van der Waals surface area (Å²) in [6.07, 6.45) is 1.25. The molecule has 0 aromatic heterocycles. The van der Waals surface area contributed by atoms with E-state index in [9.17, 15) is 13.2 Å². The van der Waals surface area contributed by atoms with Gasteiger partial charge in [-0.25, -0.2) is 8.42 Å². The molecule has 1 amide bonds. The summed E-state index contributed by atoms with van der Waals surface area (Å²) >= 11 is 6.59. The van der Waals surface area contributed by atoms with E-state index in [-0.39, 0.29) is 10.8 Å². The molecule has 21 heavy (non-hydrogen) atoms. The summed E-state index contributed by atoms with van der Waals surface area (Å²) in [6.45, 7) is 0.370. The molecule has 1 aliphatic heterocycles. The molecule has 1 aliphatic rings. The smallest absolute Gasteiger partial charge is 0.244 e. The van der Waals surface area contributed by atoms with Gasteiger partial charge in [-0.3, -0.25) is 4.79 Å². The Labute approximate surface area is 141 Å². The Morgan fingerprint density at radius 3 is 2.57 bits per heavy atom. The third-order valence-corrected chi connectivity index (χ3v) is 6.79. The molecule has 116 valence electrons. The van der Waals surface area contributed by atoms with Crippen molar-refractivity contribution in [3.63, 3.8) is 0 Å². The average molecular weight is 440 g/mol. The van der Waals surface area contributed by atoms with Gasteiger partial charge in [0.15, 0.2) is 0 Å². The van der Waals surface area contributed by atoms with Gasteiger partial charge in [-0.1, -0.05) is 15.9 Å². The number of rotatable bonds is 3. The standard InChI is InChI=1S/C13H16Br2N2O3S/c1-16(2)13(18)11-4-3-7-17(11)21(19,20)12-6-5-9(14)8-10(12)15/h5-6,8,11H,3-4,7H2,1-2H3. The van der Waals surface area contributed by atoms with Crippen LogP contribution in [0.4, 0.5) is 0 Å². The zero-order valence-electron chi connectivity index (χ0n) is 11.7. The second-order valence-electron chi connectivity index (χ2n) is 5.08. The maximum atomic E-state index is 12.8. The van der Waals surface area contributed by atoms with Crippen molar-refractivity contribution in [2.75, 3.05) is 20.6 Å². The van der Waals surface area contributed by atoms with Crippen molar-refractivity contribution >= 4 is 47.8 Å². The van der Waals surface area contributed by atoms with Crippen molar-refractivity contribution in [3.8, 4) is 0 Å². The summed E-state index contributed by atoms with van der Waals surface area (Å²) in [5.41, 5.74) is 0. The first-order valence-electron chi connectivity index (χ1n) is 6.43. The van der Waals surface area contributed by atoms with Crippen LogP contribution in [-0.2, 0) is 14.8 Å². The topological polar surface area (TPSA) is 57.7 Å². The number of sulfonamides is 1. The Balaban J connectivity index is 2.41. The predicted molar refractivity (Wildman–Crippen MR) is 87.4 cm³/mol. The largest absolute Gasteiger partial charge is 0.347 e. The van der Waals surface area contributed by atoms with Crippen LogP contribution in [0.2, 0.25) is 0 Å². The van der Waals surface area contributed by atoms with Crippen molar-refractivity contribution in [2.45, 2.75) is 23.8 Å². The average Bonchev–Trinajstić information content (AvgIpc) is 2.86. The highest BCUT2D eigenvalue weighted by Gasteiger charge is 2.40. The van der Waals surface area contributed by atoms with Gasteiger partial charge >= 0.3 is 0 Å². The Bertz CT molecular complexity index is 661. The molecule has 1 saturated heterocycles. The molecule has 0 spiro atoms. The summed E-state index contributed by atoms with van der Waals surface area (Å²) in [5.74, 6) is -0.177. The first-order chi connectivity index (χ1) is 9.75. The summed E-state index contributed by atoms with van der Waals surface area (Å²) in [4.78, 5) is 13.8. The monoisotopic (exact) mass is 438 g/mol. The molecule has 0 bridgehead atoms. The summed E-state index contributed by atoms with van der Waals surface area (Å²) in [7, 11) is -0.416. The van der Waals surface area contributed by atoms with E-state index >= 15 is 0 Å². The number of benzene rings is 1. The van der Waals surface area contributed by atoms with E-state index in [1.54, 1.807) is 32.3 Å². The molecule has 1 heterocycles.